The number of carbonyl (C=O) groups is 1. The Kier molecular flexibility index (Phi) is 4.95. The number of amides is 1. The van der Waals surface area contributed by atoms with Crippen molar-refractivity contribution in [2.45, 2.75) is 58.7 Å². The lowest BCUT2D eigenvalue weighted by Crippen LogP contribution is -2.60. The normalized spacial score (nSPS) is 13.9. The SMILES string of the molecule is Cc1ccc(NC(=O)C(C)NC(C)(C)C(C)(C)O)cc1. The molecule has 0 aliphatic carbocycles. The molecule has 1 unspecified atom stereocenters. The quantitative estimate of drug-likeness (QED) is 0.775. The topological polar surface area (TPSA) is 61.4 Å². The fourth-order valence-electron chi connectivity index (χ4n) is 1.67. The average molecular weight is 278 g/mol. The summed E-state index contributed by atoms with van der Waals surface area (Å²) in [4.78, 5) is 12.1. The van der Waals surface area contributed by atoms with Gasteiger partial charge in [-0.2, -0.15) is 0 Å². The number of anilines is 1. The molecule has 1 atom stereocenters. The fraction of sp³-hybridized carbons (Fsp3) is 0.562. The van der Waals surface area contributed by atoms with E-state index < -0.39 is 17.2 Å². The Morgan fingerprint density at radius 2 is 1.65 bits per heavy atom. The van der Waals surface area contributed by atoms with Gasteiger partial charge in [-0.05, 0) is 53.7 Å². The molecular weight excluding hydrogens is 252 g/mol. The standard InChI is InChI=1S/C16H26N2O2/c1-11-7-9-13(10-8-11)17-14(19)12(2)18-15(3,4)16(5,6)20/h7-10,12,18,20H,1-6H3,(H,17,19). The van der Waals surface area contributed by atoms with Gasteiger partial charge in [-0.1, -0.05) is 17.7 Å². The summed E-state index contributed by atoms with van der Waals surface area (Å²) in [7, 11) is 0. The van der Waals surface area contributed by atoms with E-state index in [2.05, 4.69) is 10.6 Å². The van der Waals surface area contributed by atoms with E-state index in [1.54, 1.807) is 20.8 Å². The van der Waals surface area contributed by atoms with E-state index in [9.17, 15) is 9.90 Å². The summed E-state index contributed by atoms with van der Waals surface area (Å²) >= 11 is 0. The van der Waals surface area contributed by atoms with E-state index in [-0.39, 0.29) is 5.91 Å². The molecule has 0 saturated heterocycles. The number of aliphatic hydroxyl groups is 1. The van der Waals surface area contributed by atoms with Crippen LogP contribution in [0.1, 0.15) is 40.2 Å². The molecule has 1 aromatic carbocycles. The predicted molar refractivity (Wildman–Crippen MR) is 82.8 cm³/mol. The highest BCUT2D eigenvalue weighted by Gasteiger charge is 2.36. The minimum absolute atomic E-state index is 0.119. The average Bonchev–Trinajstić information content (AvgIpc) is 2.30. The van der Waals surface area contributed by atoms with Crippen LogP contribution in [0, 0.1) is 6.92 Å². The van der Waals surface area contributed by atoms with Crippen molar-refractivity contribution in [2.75, 3.05) is 5.32 Å². The first kappa shape index (κ1) is 16.7. The van der Waals surface area contributed by atoms with Gasteiger partial charge in [0, 0.05) is 11.2 Å². The molecule has 112 valence electrons. The van der Waals surface area contributed by atoms with Gasteiger partial charge in [0.1, 0.15) is 0 Å². The molecule has 4 nitrogen and oxygen atoms in total. The summed E-state index contributed by atoms with van der Waals surface area (Å²) in [5.41, 5.74) is 0.426. The van der Waals surface area contributed by atoms with Crippen LogP contribution in [0.3, 0.4) is 0 Å². The molecule has 0 aliphatic heterocycles. The maximum atomic E-state index is 12.1. The molecule has 0 bridgehead atoms. The van der Waals surface area contributed by atoms with Crippen molar-refractivity contribution in [3.63, 3.8) is 0 Å². The first-order valence-corrected chi connectivity index (χ1v) is 6.90. The van der Waals surface area contributed by atoms with Gasteiger partial charge in [0.25, 0.3) is 0 Å². The number of nitrogens with one attached hydrogen (secondary N) is 2. The van der Waals surface area contributed by atoms with E-state index in [1.807, 2.05) is 45.0 Å². The zero-order valence-corrected chi connectivity index (χ0v) is 13.2. The van der Waals surface area contributed by atoms with Gasteiger partial charge in [-0.25, -0.2) is 0 Å². The van der Waals surface area contributed by atoms with Gasteiger partial charge in [0.15, 0.2) is 0 Å². The Labute approximate surface area is 121 Å². The van der Waals surface area contributed by atoms with Crippen LogP contribution in [0.25, 0.3) is 0 Å². The lowest BCUT2D eigenvalue weighted by molar-refractivity contribution is -0.119. The Bertz CT molecular complexity index is 458. The van der Waals surface area contributed by atoms with Crippen molar-refractivity contribution < 1.29 is 9.90 Å². The molecule has 0 spiro atoms. The number of carbonyl (C=O) groups excluding carboxylic acids is 1. The van der Waals surface area contributed by atoms with Gasteiger partial charge < -0.3 is 10.4 Å². The maximum absolute atomic E-state index is 12.1. The number of hydrogen-bond donors (Lipinski definition) is 3. The van der Waals surface area contributed by atoms with E-state index in [0.29, 0.717) is 0 Å². The molecular formula is C16H26N2O2. The van der Waals surface area contributed by atoms with Crippen LogP contribution < -0.4 is 10.6 Å². The molecule has 0 heterocycles. The van der Waals surface area contributed by atoms with Crippen LogP contribution in [0.4, 0.5) is 5.69 Å². The van der Waals surface area contributed by atoms with Crippen LogP contribution in [0.2, 0.25) is 0 Å². The minimum atomic E-state index is -0.925. The monoisotopic (exact) mass is 278 g/mol. The maximum Gasteiger partial charge on any atom is 0.241 e. The van der Waals surface area contributed by atoms with Crippen LogP contribution in [0.15, 0.2) is 24.3 Å². The third-order valence-corrected chi connectivity index (χ3v) is 3.82. The van der Waals surface area contributed by atoms with Crippen LogP contribution >= 0.6 is 0 Å². The highest BCUT2D eigenvalue weighted by Crippen LogP contribution is 2.21. The van der Waals surface area contributed by atoms with Gasteiger partial charge in [0.05, 0.1) is 11.6 Å². The van der Waals surface area contributed by atoms with Gasteiger partial charge >= 0.3 is 0 Å². The Morgan fingerprint density at radius 1 is 1.15 bits per heavy atom. The molecule has 0 aliphatic rings. The van der Waals surface area contributed by atoms with Crippen molar-refractivity contribution in [2.24, 2.45) is 0 Å². The van der Waals surface area contributed by atoms with Crippen molar-refractivity contribution in [3.05, 3.63) is 29.8 Å². The number of rotatable bonds is 5. The Hall–Kier alpha value is -1.39. The third kappa shape index (κ3) is 4.32. The molecule has 0 saturated carbocycles. The lowest BCUT2D eigenvalue weighted by atomic mass is 9.85. The molecule has 4 heteroatoms. The molecule has 3 N–H and O–H groups in total. The molecule has 20 heavy (non-hydrogen) atoms. The molecule has 1 aromatic rings. The molecule has 1 rings (SSSR count). The number of benzene rings is 1. The van der Waals surface area contributed by atoms with E-state index in [1.165, 1.54) is 0 Å². The Morgan fingerprint density at radius 3 is 2.10 bits per heavy atom. The molecule has 0 aromatic heterocycles. The summed E-state index contributed by atoms with van der Waals surface area (Å²) in [6.07, 6.45) is 0. The Balaban J connectivity index is 2.66. The summed E-state index contributed by atoms with van der Waals surface area (Å²) in [6.45, 7) is 11.0. The van der Waals surface area contributed by atoms with Gasteiger partial charge in [-0.3, -0.25) is 10.1 Å². The molecule has 0 fully saturated rings. The van der Waals surface area contributed by atoms with Crippen LogP contribution in [-0.4, -0.2) is 28.2 Å². The molecule has 0 radical (unpaired) electrons. The first-order chi connectivity index (χ1) is 9.03. The summed E-state index contributed by atoms with van der Waals surface area (Å²) in [6, 6.07) is 7.25. The highest BCUT2D eigenvalue weighted by molar-refractivity contribution is 5.94. The number of hydrogen-bond acceptors (Lipinski definition) is 3. The zero-order valence-electron chi connectivity index (χ0n) is 13.2. The van der Waals surface area contributed by atoms with Crippen molar-refractivity contribution >= 4 is 11.6 Å². The first-order valence-electron chi connectivity index (χ1n) is 6.90. The lowest BCUT2D eigenvalue weighted by Gasteiger charge is -2.40. The van der Waals surface area contributed by atoms with E-state index in [4.69, 9.17) is 0 Å². The third-order valence-electron chi connectivity index (χ3n) is 3.82. The van der Waals surface area contributed by atoms with Crippen molar-refractivity contribution in [3.8, 4) is 0 Å². The second-order valence-corrected chi connectivity index (χ2v) is 6.41. The van der Waals surface area contributed by atoms with Crippen LogP contribution in [-0.2, 0) is 4.79 Å². The largest absolute Gasteiger partial charge is 0.389 e. The van der Waals surface area contributed by atoms with E-state index >= 15 is 0 Å². The summed E-state index contributed by atoms with van der Waals surface area (Å²) < 4.78 is 0. The fourth-order valence-corrected chi connectivity index (χ4v) is 1.67. The number of aryl methyl sites for hydroxylation is 1. The second-order valence-electron chi connectivity index (χ2n) is 6.41. The summed E-state index contributed by atoms with van der Waals surface area (Å²) in [5.74, 6) is -0.119. The van der Waals surface area contributed by atoms with Crippen molar-refractivity contribution in [1.82, 2.24) is 5.32 Å². The van der Waals surface area contributed by atoms with Gasteiger partial charge in [0.2, 0.25) is 5.91 Å². The smallest absolute Gasteiger partial charge is 0.241 e. The predicted octanol–water partition coefficient (Wildman–Crippen LogP) is 2.46. The summed E-state index contributed by atoms with van der Waals surface area (Å²) in [5, 5.41) is 16.1. The second kappa shape index (κ2) is 5.94. The highest BCUT2D eigenvalue weighted by atomic mass is 16.3. The van der Waals surface area contributed by atoms with Crippen LogP contribution in [0.5, 0.6) is 0 Å². The zero-order chi connectivity index (χ0) is 15.6. The van der Waals surface area contributed by atoms with E-state index in [0.717, 1.165) is 11.3 Å². The van der Waals surface area contributed by atoms with Gasteiger partial charge in [-0.15, -0.1) is 0 Å². The van der Waals surface area contributed by atoms with Crippen molar-refractivity contribution in [1.29, 1.82) is 0 Å². The minimum Gasteiger partial charge on any atom is -0.389 e. The molecule has 1 amide bonds.